The minimum absolute atomic E-state index is 0.0116. The maximum Gasteiger partial charge on any atom is 0.411 e. The number of ether oxygens (including phenoxy) is 1. The summed E-state index contributed by atoms with van der Waals surface area (Å²) in [6.45, 7) is 1.64. The van der Waals surface area contributed by atoms with Crippen molar-refractivity contribution >= 4 is 39.4 Å². The van der Waals surface area contributed by atoms with Crippen LogP contribution in [0, 0.1) is 5.92 Å². The van der Waals surface area contributed by atoms with Gasteiger partial charge in [0, 0.05) is 16.1 Å². The molecule has 4 rings (SSSR count). The third kappa shape index (κ3) is 4.88. The van der Waals surface area contributed by atoms with E-state index in [1.807, 2.05) is 30.3 Å². The van der Waals surface area contributed by atoms with Crippen LogP contribution in [0.4, 0.5) is 10.5 Å². The van der Waals surface area contributed by atoms with Gasteiger partial charge in [0.25, 0.3) is 0 Å². The lowest BCUT2D eigenvalue weighted by atomic mass is 9.85. The summed E-state index contributed by atoms with van der Waals surface area (Å²) in [4.78, 5) is 40.2. The summed E-state index contributed by atoms with van der Waals surface area (Å²) in [5.41, 5.74) is 1.79. The number of likely N-dealkylation sites (tertiary alicyclic amines) is 1. The zero-order valence-corrected chi connectivity index (χ0v) is 19.6. The Hall–Kier alpha value is -2.67. The van der Waals surface area contributed by atoms with Crippen LogP contribution in [0.5, 0.6) is 0 Å². The summed E-state index contributed by atoms with van der Waals surface area (Å²) < 4.78 is 6.38. The Kier molecular flexibility index (Phi) is 6.94. The van der Waals surface area contributed by atoms with Crippen LogP contribution in [0.15, 0.2) is 53.0 Å². The summed E-state index contributed by atoms with van der Waals surface area (Å²) in [6.07, 6.45) is 4.20. The van der Waals surface area contributed by atoms with E-state index in [-0.39, 0.29) is 24.3 Å². The maximum absolute atomic E-state index is 13.3. The smallest absolute Gasteiger partial charge is 0.411 e. The molecule has 2 aromatic rings. The fourth-order valence-electron chi connectivity index (χ4n) is 4.89. The van der Waals surface area contributed by atoms with Gasteiger partial charge in [0.05, 0.1) is 5.69 Å². The highest BCUT2D eigenvalue weighted by Gasteiger charge is 2.48. The molecule has 1 saturated heterocycles. The van der Waals surface area contributed by atoms with E-state index in [9.17, 15) is 14.4 Å². The van der Waals surface area contributed by atoms with Gasteiger partial charge in [-0.05, 0) is 55.9 Å². The number of nitrogens with zero attached hydrogens (tertiary/aromatic N) is 1. The average molecular weight is 499 g/mol. The second-order valence-corrected chi connectivity index (χ2v) is 9.46. The molecule has 7 heteroatoms. The van der Waals surface area contributed by atoms with Gasteiger partial charge in [-0.3, -0.25) is 14.5 Å². The molecule has 1 saturated carbocycles. The van der Waals surface area contributed by atoms with Crippen LogP contribution in [-0.4, -0.2) is 34.8 Å². The number of ketones is 1. The van der Waals surface area contributed by atoms with E-state index in [4.69, 9.17) is 4.74 Å². The van der Waals surface area contributed by atoms with Crippen molar-refractivity contribution in [2.75, 3.05) is 5.32 Å². The lowest BCUT2D eigenvalue weighted by Gasteiger charge is -2.32. The van der Waals surface area contributed by atoms with Gasteiger partial charge >= 0.3 is 6.09 Å². The third-order valence-corrected chi connectivity index (χ3v) is 6.92. The zero-order valence-electron chi connectivity index (χ0n) is 18.1. The van der Waals surface area contributed by atoms with E-state index in [0.29, 0.717) is 23.6 Å². The highest BCUT2D eigenvalue weighted by Crippen LogP contribution is 2.40. The maximum atomic E-state index is 13.3. The molecular formula is C25H27BrN2O4. The summed E-state index contributed by atoms with van der Waals surface area (Å²) >= 11 is 3.40. The monoisotopic (exact) mass is 498 g/mol. The largest absolute Gasteiger partial charge is 0.445 e. The molecule has 1 aliphatic carbocycles. The summed E-state index contributed by atoms with van der Waals surface area (Å²) in [5.74, 6) is -0.123. The molecule has 168 valence electrons. The number of amides is 2. The number of rotatable bonds is 5. The number of halogens is 1. The van der Waals surface area contributed by atoms with Gasteiger partial charge in [0.2, 0.25) is 5.91 Å². The Morgan fingerprint density at radius 2 is 1.84 bits per heavy atom. The lowest BCUT2D eigenvalue weighted by Crippen LogP contribution is -2.48. The van der Waals surface area contributed by atoms with Gasteiger partial charge in [-0.1, -0.05) is 59.1 Å². The fourth-order valence-corrected chi connectivity index (χ4v) is 5.25. The second kappa shape index (κ2) is 9.86. The van der Waals surface area contributed by atoms with Crippen LogP contribution in [0.3, 0.4) is 0 Å². The van der Waals surface area contributed by atoms with Gasteiger partial charge in [-0.15, -0.1) is 0 Å². The Bertz CT molecular complexity index is 1010. The first-order valence-electron chi connectivity index (χ1n) is 11.0. The molecule has 2 amide bonds. The highest BCUT2D eigenvalue weighted by atomic mass is 79.9. The normalized spacial score (nSPS) is 22.2. The molecule has 0 radical (unpaired) electrons. The number of carbonyl (C=O) groups is 3. The number of hydrogen-bond acceptors (Lipinski definition) is 4. The van der Waals surface area contributed by atoms with E-state index in [0.717, 1.165) is 35.7 Å². The molecule has 0 spiro atoms. The van der Waals surface area contributed by atoms with Crippen LogP contribution < -0.4 is 5.32 Å². The first kappa shape index (κ1) is 22.5. The molecule has 0 unspecified atom stereocenters. The molecule has 1 aliphatic heterocycles. The van der Waals surface area contributed by atoms with Gasteiger partial charge in [0.15, 0.2) is 5.78 Å². The van der Waals surface area contributed by atoms with Gasteiger partial charge in [0.1, 0.15) is 12.6 Å². The highest BCUT2D eigenvalue weighted by molar-refractivity contribution is 9.10. The average Bonchev–Trinajstić information content (AvgIpc) is 3.18. The number of Topliss-reactive ketones (excluding diaryl/α,β-unsaturated/α-hetero) is 1. The number of fused-ring (bicyclic) bond motifs is 1. The fraction of sp³-hybridized carbons (Fsp3) is 0.400. The van der Waals surface area contributed by atoms with Crippen molar-refractivity contribution in [2.45, 2.75) is 57.7 Å². The van der Waals surface area contributed by atoms with Crippen LogP contribution in [0.1, 0.15) is 54.9 Å². The first-order chi connectivity index (χ1) is 15.4. The number of nitrogens with one attached hydrogen (secondary N) is 1. The quantitative estimate of drug-likeness (QED) is 0.547. The molecule has 0 aromatic heterocycles. The third-order valence-electron chi connectivity index (χ3n) is 6.43. The second-order valence-electron chi connectivity index (χ2n) is 8.55. The molecule has 3 atom stereocenters. The van der Waals surface area contributed by atoms with Gasteiger partial charge in [-0.25, -0.2) is 4.79 Å². The Labute approximate surface area is 196 Å². The number of anilines is 1. The Balaban J connectivity index is 1.54. The van der Waals surface area contributed by atoms with Crippen LogP contribution in [0.25, 0.3) is 0 Å². The van der Waals surface area contributed by atoms with Gasteiger partial charge in [-0.2, -0.15) is 0 Å². The Morgan fingerprint density at radius 1 is 1.09 bits per heavy atom. The molecule has 32 heavy (non-hydrogen) atoms. The lowest BCUT2D eigenvalue weighted by molar-refractivity contribution is -0.120. The number of benzene rings is 2. The zero-order chi connectivity index (χ0) is 22.7. The molecule has 2 aliphatic rings. The molecular weight excluding hydrogens is 472 g/mol. The van der Waals surface area contributed by atoms with E-state index < -0.39 is 12.1 Å². The summed E-state index contributed by atoms with van der Waals surface area (Å²) in [6, 6.07) is 14.1. The molecule has 1 heterocycles. The number of carbonyl (C=O) groups excluding carboxylic acids is 3. The van der Waals surface area contributed by atoms with Crippen molar-refractivity contribution in [3.8, 4) is 0 Å². The minimum Gasteiger partial charge on any atom is -0.445 e. The number of hydrogen-bond donors (Lipinski definition) is 1. The topological polar surface area (TPSA) is 75.7 Å². The van der Waals surface area contributed by atoms with Gasteiger partial charge < -0.3 is 10.1 Å². The SMILES string of the molecule is CC(=O)c1ccc(Br)cc1NC(=O)[C@@H]1C[C@@H]2CCCC[C@@H]2N1C(=O)OCc1ccccc1. The predicted octanol–water partition coefficient (Wildman–Crippen LogP) is 5.56. The molecule has 6 nitrogen and oxygen atoms in total. The summed E-state index contributed by atoms with van der Waals surface area (Å²) in [5, 5.41) is 2.90. The van der Waals surface area contributed by atoms with E-state index in [1.165, 1.54) is 6.92 Å². The molecule has 2 fully saturated rings. The van der Waals surface area contributed by atoms with Crippen molar-refractivity contribution in [3.63, 3.8) is 0 Å². The molecule has 0 bridgehead atoms. The van der Waals surface area contributed by atoms with E-state index >= 15 is 0 Å². The van der Waals surface area contributed by atoms with Crippen LogP contribution in [0.2, 0.25) is 0 Å². The van der Waals surface area contributed by atoms with Crippen molar-refractivity contribution < 1.29 is 19.1 Å². The standard InChI is InChI=1S/C25H27BrN2O4/c1-16(29)20-12-11-19(26)14-21(20)27-24(30)23-13-18-9-5-6-10-22(18)28(23)25(31)32-15-17-7-3-2-4-8-17/h2-4,7-8,11-12,14,18,22-23H,5-6,9-10,13,15H2,1H3,(H,27,30)/t18-,22-,23-/m0/s1. The predicted molar refractivity (Wildman–Crippen MR) is 125 cm³/mol. The molecule has 1 N–H and O–H groups in total. The van der Waals surface area contributed by atoms with Crippen molar-refractivity contribution in [1.29, 1.82) is 0 Å². The van der Waals surface area contributed by atoms with Crippen LogP contribution >= 0.6 is 15.9 Å². The van der Waals surface area contributed by atoms with Crippen molar-refractivity contribution in [3.05, 3.63) is 64.1 Å². The van der Waals surface area contributed by atoms with Crippen molar-refractivity contribution in [2.24, 2.45) is 5.92 Å². The van der Waals surface area contributed by atoms with Crippen molar-refractivity contribution in [1.82, 2.24) is 4.90 Å². The molecule has 2 aromatic carbocycles. The minimum atomic E-state index is -0.620. The first-order valence-corrected chi connectivity index (χ1v) is 11.8. The summed E-state index contributed by atoms with van der Waals surface area (Å²) in [7, 11) is 0. The van der Waals surface area contributed by atoms with E-state index in [1.54, 1.807) is 23.1 Å². The Morgan fingerprint density at radius 3 is 2.59 bits per heavy atom. The van der Waals surface area contributed by atoms with Crippen LogP contribution in [-0.2, 0) is 16.1 Å². The van der Waals surface area contributed by atoms with E-state index in [2.05, 4.69) is 21.2 Å².